The van der Waals surface area contributed by atoms with Crippen LogP contribution in [0.2, 0.25) is 0 Å². The second-order valence-electron chi connectivity index (χ2n) is 5.44. The van der Waals surface area contributed by atoms with Crippen LogP contribution in [0.15, 0.2) is 5.16 Å². The van der Waals surface area contributed by atoms with Gasteiger partial charge < -0.3 is 20.6 Å². The quantitative estimate of drug-likeness (QED) is 0.324. The lowest BCUT2D eigenvalue weighted by molar-refractivity contribution is -0.136. The van der Waals surface area contributed by atoms with E-state index in [1.165, 1.54) is 0 Å². The highest BCUT2D eigenvalue weighted by molar-refractivity contribution is 5.81. The first kappa shape index (κ1) is 15.1. The number of hydrogen-bond donors (Lipinski definition) is 2. The fraction of sp³-hybridized carbons (Fsp3) is 0.846. The van der Waals surface area contributed by atoms with Gasteiger partial charge in [0.2, 0.25) is 5.91 Å². The van der Waals surface area contributed by atoms with Crippen LogP contribution in [0.3, 0.4) is 0 Å². The van der Waals surface area contributed by atoms with E-state index in [-0.39, 0.29) is 17.8 Å². The standard InChI is InChI=1S/C13H24N4O3/c14-12(15-19)10-16-4-6-17(7-5-16)13(18)9-11-3-1-2-8-20-11/h11,19H,1-10H2,(H2,14,15). The molecule has 0 radical (unpaired) electrons. The minimum absolute atomic E-state index is 0.103. The molecule has 0 saturated carbocycles. The topological polar surface area (TPSA) is 91.4 Å². The van der Waals surface area contributed by atoms with Gasteiger partial charge in [0.1, 0.15) is 0 Å². The lowest BCUT2D eigenvalue weighted by atomic mass is 10.1. The largest absolute Gasteiger partial charge is 0.409 e. The summed E-state index contributed by atoms with van der Waals surface area (Å²) in [5.41, 5.74) is 5.48. The van der Waals surface area contributed by atoms with Gasteiger partial charge in [0, 0.05) is 32.8 Å². The molecule has 114 valence electrons. The maximum atomic E-state index is 12.2. The number of carbonyl (C=O) groups is 1. The fourth-order valence-electron chi connectivity index (χ4n) is 2.71. The molecule has 0 bridgehead atoms. The maximum absolute atomic E-state index is 12.2. The van der Waals surface area contributed by atoms with Crippen molar-refractivity contribution in [2.45, 2.75) is 31.8 Å². The van der Waals surface area contributed by atoms with E-state index in [4.69, 9.17) is 15.7 Å². The van der Waals surface area contributed by atoms with Crippen molar-refractivity contribution in [3.8, 4) is 0 Å². The Morgan fingerprint density at radius 3 is 2.65 bits per heavy atom. The summed E-state index contributed by atoms with van der Waals surface area (Å²) in [6.45, 7) is 4.14. The molecule has 2 saturated heterocycles. The Balaban J connectivity index is 1.71. The lowest BCUT2D eigenvalue weighted by Gasteiger charge is -2.35. The number of amides is 1. The fourth-order valence-corrected chi connectivity index (χ4v) is 2.71. The van der Waals surface area contributed by atoms with Crippen molar-refractivity contribution in [1.29, 1.82) is 0 Å². The van der Waals surface area contributed by atoms with Crippen LogP contribution in [-0.2, 0) is 9.53 Å². The monoisotopic (exact) mass is 284 g/mol. The molecule has 1 unspecified atom stereocenters. The Kier molecular flexibility index (Phi) is 5.60. The van der Waals surface area contributed by atoms with Crippen LogP contribution >= 0.6 is 0 Å². The van der Waals surface area contributed by atoms with Crippen LogP contribution in [0.4, 0.5) is 0 Å². The van der Waals surface area contributed by atoms with Gasteiger partial charge in [0.25, 0.3) is 0 Å². The normalized spacial score (nSPS) is 25.7. The summed E-state index contributed by atoms with van der Waals surface area (Å²) in [6, 6.07) is 0. The second kappa shape index (κ2) is 7.44. The molecular weight excluding hydrogens is 260 g/mol. The molecule has 2 aliphatic rings. The van der Waals surface area contributed by atoms with Crippen LogP contribution in [0.1, 0.15) is 25.7 Å². The molecule has 0 aliphatic carbocycles. The maximum Gasteiger partial charge on any atom is 0.225 e. The number of oxime groups is 1. The van der Waals surface area contributed by atoms with Crippen LogP contribution in [0.25, 0.3) is 0 Å². The minimum Gasteiger partial charge on any atom is -0.409 e. The Labute approximate surface area is 119 Å². The Morgan fingerprint density at radius 2 is 2.05 bits per heavy atom. The third-order valence-corrected chi connectivity index (χ3v) is 3.92. The van der Waals surface area contributed by atoms with Crippen molar-refractivity contribution in [2.75, 3.05) is 39.3 Å². The van der Waals surface area contributed by atoms with Crippen molar-refractivity contribution in [3.05, 3.63) is 0 Å². The van der Waals surface area contributed by atoms with Gasteiger partial charge in [-0.25, -0.2) is 0 Å². The predicted octanol–water partition coefficient (Wildman–Crippen LogP) is -0.164. The highest BCUT2D eigenvalue weighted by Crippen LogP contribution is 2.17. The third kappa shape index (κ3) is 4.35. The number of piperazine rings is 1. The number of rotatable bonds is 4. The number of ether oxygens (including phenoxy) is 1. The summed E-state index contributed by atoms with van der Waals surface area (Å²) in [5, 5.41) is 11.5. The first-order valence-corrected chi connectivity index (χ1v) is 7.27. The second-order valence-corrected chi connectivity index (χ2v) is 5.44. The van der Waals surface area contributed by atoms with Crippen LogP contribution in [-0.4, -0.2) is 72.2 Å². The number of amidine groups is 1. The van der Waals surface area contributed by atoms with E-state index < -0.39 is 0 Å². The van der Waals surface area contributed by atoms with Gasteiger partial charge in [0.15, 0.2) is 5.84 Å². The molecule has 2 fully saturated rings. The van der Waals surface area contributed by atoms with Crippen molar-refractivity contribution in [1.82, 2.24) is 9.80 Å². The zero-order chi connectivity index (χ0) is 14.4. The minimum atomic E-state index is 0.103. The first-order chi connectivity index (χ1) is 9.69. The van der Waals surface area contributed by atoms with E-state index in [9.17, 15) is 4.79 Å². The van der Waals surface area contributed by atoms with Crippen molar-refractivity contribution in [2.24, 2.45) is 10.9 Å². The summed E-state index contributed by atoms with van der Waals surface area (Å²) in [6.07, 6.45) is 3.87. The highest BCUT2D eigenvalue weighted by atomic mass is 16.5. The molecule has 0 aromatic heterocycles. The van der Waals surface area contributed by atoms with E-state index in [2.05, 4.69) is 10.1 Å². The van der Waals surface area contributed by atoms with Crippen LogP contribution in [0.5, 0.6) is 0 Å². The predicted molar refractivity (Wildman–Crippen MR) is 74.6 cm³/mol. The molecule has 1 atom stereocenters. The lowest BCUT2D eigenvalue weighted by Crippen LogP contribution is -2.51. The first-order valence-electron chi connectivity index (χ1n) is 7.27. The molecule has 7 nitrogen and oxygen atoms in total. The molecule has 3 N–H and O–H groups in total. The summed E-state index contributed by atoms with van der Waals surface area (Å²) < 4.78 is 5.61. The zero-order valence-corrected chi connectivity index (χ0v) is 11.8. The van der Waals surface area contributed by atoms with Gasteiger partial charge in [-0.1, -0.05) is 5.16 Å². The summed E-state index contributed by atoms with van der Waals surface area (Å²) >= 11 is 0. The van der Waals surface area contributed by atoms with Gasteiger partial charge in [0.05, 0.1) is 19.1 Å². The summed E-state index contributed by atoms with van der Waals surface area (Å²) in [4.78, 5) is 16.2. The Morgan fingerprint density at radius 1 is 1.30 bits per heavy atom. The number of carbonyl (C=O) groups excluding carboxylic acids is 1. The summed E-state index contributed by atoms with van der Waals surface area (Å²) in [5.74, 6) is 0.390. The molecule has 0 aromatic carbocycles. The molecule has 1 amide bonds. The smallest absolute Gasteiger partial charge is 0.225 e. The molecule has 20 heavy (non-hydrogen) atoms. The van der Waals surface area contributed by atoms with Crippen molar-refractivity contribution < 1.29 is 14.7 Å². The third-order valence-electron chi connectivity index (χ3n) is 3.92. The molecular formula is C13H24N4O3. The average Bonchev–Trinajstić information content (AvgIpc) is 2.49. The molecule has 0 aromatic rings. The summed E-state index contributed by atoms with van der Waals surface area (Å²) in [7, 11) is 0. The zero-order valence-electron chi connectivity index (χ0n) is 11.8. The number of hydrogen-bond acceptors (Lipinski definition) is 5. The number of nitrogens with two attached hydrogens (primary N) is 1. The van der Waals surface area contributed by atoms with E-state index >= 15 is 0 Å². The van der Waals surface area contributed by atoms with Crippen LogP contribution in [0, 0.1) is 0 Å². The average molecular weight is 284 g/mol. The highest BCUT2D eigenvalue weighted by Gasteiger charge is 2.25. The van der Waals surface area contributed by atoms with Crippen molar-refractivity contribution >= 4 is 11.7 Å². The van der Waals surface area contributed by atoms with Gasteiger partial charge >= 0.3 is 0 Å². The molecule has 2 heterocycles. The molecule has 2 aliphatic heterocycles. The number of nitrogens with zero attached hydrogens (tertiary/aromatic N) is 3. The van der Waals surface area contributed by atoms with Gasteiger partial charge in [-0.3, -0.25) is 9.69 Å². The van der Waals surface area contributed by atoms with Gasteiger partial charge in [-0.05, 0) is 19.3 Å². The molecule has 7 heteroatoms. The van der Waals surface area contributed by atoms with E-state index in [0.717, 1.165) is 39.0 Å². The van der Waals surface area contributed by atoms with Gasteiger partial charge in [-0.2, -0.15) is 0 Å². The van der Waals surface area contributed by atoms with E-state index in [1.807, 2.05) is 4.90 Å². The molecule has 0 spiro atoms. The SMILES string of the molecule is NC(CN1CCN(C(=O)CC2CCCCO2)CC1)=NO. The van der Waals surface area contributed by atoms with Crippen LogP contribution < -0.4 is 5.73 Å². The van der Waals surface area contributed by atoms with Gasteiger partial charge in [-0.15, -0.1) is 0 Å². The van der Waals surface area contributed by atoms with E-state index in [1.54, 1.807) is 0 Å². The Hall–Kier alpha value is -1.34. The van der Waals surface area contributed by atoms with Crippen molar-refractivity contribution in [3.63, 3.8) is 0 Å². The van der Waals surface area contributed by atoms with E-state index in [0.29, 0.717) is 26.1 Å². The Bertz CT molecular complexity index is 348. The molecule has 2 rings (SSSR count).